The van der Waals surface area contributed by atoms with Gasteiger partial charge in [0, 0.05) is 13.1 Å². The Labute approximate surface area is 80.9 Å². The average molecular weight is 198 g/mol. The van der Waals surface area contributed by atoms with Crippen molar-refractivity contribution in [2.24, 2.45) is 11.8 Å². The Morgan fingerprint density at radius 3 is 2.36 bits per heavy atom. The van der Waals surface area contributed by atoms with Gasteiger partial charge in [-0.3, -0.25) is 0 Å². The molecular weight excluding hydrogens is 187 g/mol. The molecule has 0 spiro atoms. The molecule has 2 rings (SSSR count). The summed E-state index contributed by atoms with van der Waals surface area (Å²) in [6.07, 6.45) is -0.559. The van der Waals surface area contributed by atoms with Gasteiger partial charge in [0.15, 0.2) is 5.67 Å². The smallest absolute Gasteiger partial charge is 0.407 e. The fraction of sp³-hybridized carbons (Fsp3) is 0.778. The highest BCUT2D eigenvalue weighted by Gasteiger charge is 2.50. The van der Waals surface area contributed by atoms with E-state index in [1.165, 1.54) is 4.90 Å². The van der Waals surface area contributed by atoms with Gasteiger partial charge in [0.25, 0.3) is 0 Å². The number of rotatable bonds is 0. The zero-order valence-electron chi connectivity index (χ0n) is 7.61. The van der Waals surface area contributed by atoms with Crippen LogP contribution in [0.15, 0.2) is 0 Å². The summed E-state index contributed by atoms with van der Waals surface area (Å²) in [5, 5.41) is 17.3. The van der Waals surface area contributed by atoms with Crippen LogP contribution in [0, 0.1) is 23.2 Å². The highest BCUT2D eigenvalue weighted by atomic mass is 19.1. The van der Waals surface area contributed by atoms with Crippen LogP contribution in [-0.4, -0.2) is 34.9 Å². The minimum absolute atomic E-state index is 0.0377. The molecule has 5 heteroatoms. The predicted molar refractivity (Wildman–Crippen MR) is 45.3 cm³/mol. The van der Waals surface area contributed by atoms with Crippen molar-refractivity contribution < 1.29 is 14.3 Å². The standard InChI is InChI=1S/C9H11FN2O2/c10-9(5-11)1-6-3-12(8(13)14)4-7(6)2-9/h6-7H,1-4H2,(H,13,14)/t6-,7+,9+. The van der Waals surface area contributed by atoms with Crippen LogP contribution in [0.2, 0.25) is 0 Å². The van der Waals surface area contributed by atoms with Gasteiger partial charge < -0.3 is 10.0 Å². The number of nitrogens with zero attached hydrogens (tertiary/aromatic N) is 2. The Balaban J connectivity index is 2.04. The van der Waals surface area contributed by atoms with Crippen molar-refractivity contribution in [1.82, 2.24) is 4.90 Å². The topological polar surface area (TPSA) is 64.3 Å². The third kappa shape index (κ3) is 1.31. The number of amides is 1. The van der Waals surface area contributed by atoms with E-state index in [4.69, 9.17) is 10.4 Å². The lowest BCUT2D eigenvalue weighted by Crippen LogP contribution is -2.30. The van der Waals surface area contributed by atoms with Crippen LogP contribution in [-0.2, 0) is 0 Å². The number of hydrogen-bond donors (Lipinski definition) is 1. The molecule has 0 aromatic heterocycles. The molecule has 0 aromatic rings. The van der Waals surface area contributed by atoms with E-state index >= 15 is 0 Å². The Bertz CT molecular complexity index is 298. The van der Waals surface area contributed by atoms with Gasteiger partial charge in [-0.1, -0.05) is 0 Å². The summed E-state index contributed by atoms with van der Waals surface area (Å²) in [5.41, 5.74) is -1.71. The number of fused-ring (bicyclic) bond motifs is 1. The molecule has 1 heterocycles. The normalized spacial score (nSPS) is 40.7. The molecule has 0 aromatic carbocycles. The number of carboxylic acid groups (broad SMARTS) is 1. The van der Waals surface area contributed by atoms with Crippen molar-refractivity contribution in [3.05, 3.63) is 0 Å². The van der Waals surface area contributed by atoms with E-state index in [9.17, 15) is 9.18 Å². The summed E-state index contributed by atoms with van der Waals surface area (Å²) >= 11 is 0. The number of hydrogen-bond acceptors (Lipinski definition) is 2. The van der Waals surface area contributed by atoms with Gasteiger partial charge in [-0.05, 0) is 24.7 Å². The summed E-state index contributed by atoms with van der Waals surface area (Å²) in [7, 11) is 0. The number of nitriles is 1. The number of halogens is 1. The van der Waals surface area contributed by atoms with Crippen LogP contribution in [0.1, 0.15) is 12.8 Å². The van der Waals surface area contributed by atoms with Crippen molar-refractivity contribution in [1.29, 1.82) is 5.26 Å². The van der Waals surface area contributed by atoms with Crippen LogP contribution in [0.4, 0.5) is 9.18 Å². The highest BCUT2D eigenvalue weighted by Crippen LogP contribution is 2.45. The SMILES string of the molecule is N#C[C@@]1(F)C[C@H]2CN(C(=O)O)C[C@H]2C1. The quantitative estimate of drug-likeness (QED) is 0.636. The fourth-order valence-electron chi connectivity index (χ4n) is 2.56. The van der Waals surface area contributed by atoms with Crippen LogP contribution >= 0.6 is 0 Å². The molecule has 1 N–H and O–H groups in total. The van der Waals surface area contributed by atoms with Crippen molar-refractivity contribution in [3.63, 3.8) is 0 Å². The summed E-state index contributed by atoms with van der Waals surface area (Å²) in [4.78, 5) is 11.9. The van der Waals surface area contributed by atoms with Gasteiger partial charge in [0.1, 0.15) is 6.07 Å². The Morgan fingerprint density at radius 2 is 2.00 bits per heavy atom. The molecular formula is C9H11FN2O2. The molecule has 1 aliphatic carbocycles. The molecule has 2 fully saturated rings. The zero-order valence-corrected chi connectivity index (χ0v) is 7.61. The van der Waals surface area contributed by atoms with Crippen molar-refractivity contribution >= 4 is 6.09 Å². The summed E-state index contributed by atoms with van der Waals surface area (Å²) < 4.78 is 13.6. The molecule has 4 nitrogen and oxygen atoms in total. The third-order valence-electron chi connectivity index (χ3n) is 3.22. The van der Waals surface area contributed by atoms with E-state index in [1.807, 2.05) is 0 Å². The summed E-state index contributed by atoms with van der Waals surface area (Å²) in [6, 6.07) is 1.68. The molecule has 1 amide bonds. The first-order valence-electron chi connectivity index (χ1n) is 4.62. The molecule has 0 radical (unpaired) electrons. The van der Waals surface area contributed by atoms with Gasteiger partial charge >= 0.3 is 6.09 Å². The van der Waals surface area contributed by atoms with Crippen LogP contribution in [0.25, 0.3) is 0 Å². The maximum absolute atomic E-state index is 13.6. The van der Waals surface area contributed by atoms with Crippen LogP contribution in [0.5, 0.6) is 0 Å². The molecule has 1 saturated heterocycles. The fourth-order valence-corrected chi connectivity index (χ4v) is 2.56. The van der Waals surface area contributed by atoms with E-state index in [0.29, 0.717) is 13.1 Å². The highest BCUT2D eigenvalue weighted by molar-refractivity contribution is 5.65. The minimum atomic E-state index is -1.71. The van der Waals surface area contributed by atoms with E-state index in [2.05, 4.69) is 0 Å². The van der Waals surface area contributed by atoms with Crippen LogP contribution in [0.3, 0.4) is 0 Å². The maximum Gasteiger partial charge on any atom is 0.407 e. The Hall–Kier alpha value is -1.31. The molecule has 2 aliphatic rings. The third-order valence-corrected chi connectivity index (χ3v) is 3.22. The van der Waals surface area contributed by atoms with E-state index in [0.717, 1.165) is 0 Å². The van der Waals surface area contributed by atoms with Crippen molar-refractivity contribution in [2.45, 2.75) is 18.5 Å². The number of alkyl halides is 1. The molecule has 1 saturated carbocycles. The largest absolute Gasteiger partial charge is 0.465 e. The Morgan fingerprint density at radius 1 is 1.50 bits per heavy atom. The van der Waals surface area contributed by atoms with Gasteiger partial charge in [-0.25, -0.2) is 9.18 Å². The van der Waals surface area contributed by atoms with Crippen molar-refractivity contribution in [2.75, 3.05) is 13.1 Å². The lowest BCUT2D eigenvalue weighted by Gasteiger charge is -2.15. The second-order valence-corrected chi connectivity index (χ2v) is 4.19. The van der Waals surface area contributed by atoms with Gasteiger partial charge in [-0.15, -0.1) is 0 Å². The van der Waals surface area contributed by atoms with Crippen LogP contribution < -0.4 is 0 Å². The van der Waals surface area contributed by atoms with Gasteiger partial charge in [0.2, 0.25) is 0 Å². The molecule has 14 heavy (non-hydrogen) atoms. The summed E-state index contributed by atoms with van der Waals surface area (Å²) in [5.74, 6) is 0.0755. The minimum Gasteiger partial charge on any atom is -0.465 e. The second-order valence-electron chi connectivity index (χ2n) is 4.19. The predicted octanol–water partition coefficient (Wildman–Crippen LogP) is 1.24. The first kappa shape index (κ1) is 9.25. The lowest BCUT2D eigenvalue weighted by molar-refractivity contribution is 0.146. The van der Waals surface area contributed by atoms with Crippen molar-refractivity contribution in [3.8, 4) is 6.07 Å². The monoisotopic (exact) mass is 198 g/mol. The van der Waals surface area contributed by atoms with E-state index in [1.54, 1.807) is 6.07 Å². The molecule has 3 atom stereocenters. The average Bonchev–Trinajstić information content (AvgIpc) is 2.59. The maximum atomic E-state index is 13.6. The lowest BCUT2D eigenvalue weighted by atomic mass is 10.0. The first-order chi connectivity index (χ1) is 6.54. The van der Waals surface area contributed by atoms with E-state index in [-0.39, 0.29) is 24.7 Å². The molecule has 76 valence electrons. The molecule has 1 aliphatic heterocycles. The van der Waals surface area contributed by atoms with Gasteiger partial charge in [0.05, 0.1) is 0 Å². The van der Waals surface area contributed by atoms with E-state index < -0.39 is 11.8 Å². The Kier molecular flexibility index (Phi) is 1.88. The van der Waals surface area contributed by atoms with Gasteiger partial charge in [-0.2, -0.15) is 5.26 Å². The zero-order chi connectivity index (χ0) is 10.3. The second kappa shape index (κ2) is 2.84. The number of carbonyl (C=O) groups is 1. The molecule has 0 unspecified atom stereocenters. The number of likely N-dealkylation sites (tertiary alicyclic amines) is 1. The first-order valence-corrected chi connectivity index (χ1v) is 4.62. The molecule has 0 bridgehead atoms. The summed E-state index contributed by atoms with van der Waals surface area (Å²) in [6.45, 7) is 0.765.